The Balaban J connectivity index is 1.67. The fourth-order valence-corrected chi connectivity index (χ4v) is 3.92. The first-order valence-electron chi connectivity index (χ1n) is 10.5. The highest BCUT2D eigenvalue weighted by Crippen LogP contribution is 2.36. The van der Waals surface area contributed by atoms with Crippen molar-refractivity contribution < 1.29 is 9.47 Å². The van der Waals surface area contributed by atoms with Gasteiger partial charge in [0.25, 0.3) is 0 Å². The monoisotopic (exact) mass is 404 g/mol. The molecule has 1 aliphatic rings. The van der Waals surface area contributed by atoms with E-state index < -0.39 is 0 Å². The average Bonchev–Trinajstić information content (AvgIpc) is 3.12. The molecule has 1 aromatic carbocycles. The zero-order valence-corrected chi connectivity index (χ0v) is 18.0. The van der Waals surface area contributed by atoms with E-state index in [2.05, 4.69) is 48.4 Å². The molecule has 2 aromatic heterocycles. The van der Waals surface area contributed by atoms with Crippen molar-refractivity contribution in [1.29, 1.82) is 0 Å². The summed E-state index contributed by atoms with van der Waals surface area (Å²) in [5.41, 5.74) is 5.34. The molecule has 156 valence electrons. The lowest BCUT2D eigenvalue weighted by Crippen LogP contribution is -2.25. The van der Waals surface area contributed by atoms with E-state index in [0.717, 1.165) is 35.6 Å². The Labute approximate surface area is 177 Å². The summed E-state index contributed by atoms with van der Waals surface area (Å²) in [6.07, 6.45) is 4.14. The van der Waals surface area contributed by atoms with Crippen molar-refractivity contribution in [2.45, 2.75) is 52.2 Å². The number of hydrogen-bond donors (Lipinski definition) is 1. The highest BCUT2D eigenvalue weighted by atomic mass is 16.5. The van der Waals surface area contributed by atoms with Crippen LogP contribution in [0.2, 0.25) is 0 Å². The Kier molecular flexibility index (Phi) is 5.95. The van der Waals surface area contributed by atoms with Gasteiger partial charge in [0.05, 0.1) is 17.8 Å². The summed E-state index contributed by atoms with van der Waals surface area (Å²) < 4.78 is 11.8. The van der Waals surface area contributed by atoms with E-state index >= 15 is 0 Å². The Bertz CT molecular complexity index is 1040. The molecule has 0 spiro atoms. The van der Waals surface area contributed by atoms with Crippen LogP contribution >= 0.6 is 0 Å². The summed E-state index contributed by atoms with van der Waals surface area (Å²) in [6, 6.07) is 12.4. The number of nitrogens with zero attached hydrogens (tertiary/aromatic N) is 3. The molecular weight excluding hydrogens is 376 g/mol. The van der Waals surface area contributed by atoms with E-state index in [1.807, 2.05) is 19.1 Å². The lowest BCUT2D eigenvalue weighted by molar-refractivity contribution is 0.0959. The minimum Gasteiger partial charge on any atom is -0.419 e. The van der Waals surface area contributed by atoms with Gasteiger partial charge in [-0.2, -0.15) is 0 Å². The zero-order valence-electron chi connectivity index (χ0n) is 18.0. The van der Waals surface area contributed by atoms with E-state index in [1.165, 1.54) is 11.1 Å². The largest absolute Gasteiger partial charge is 0.419 e. The molecule has 0 radical (unpaired) electrons. The Morgan fingerprint density at radius 3 is 2.60 bits per heavy atom. The minimum atomic E-state index is 0.0423. The highest BCUT2D eigenvalue weighted by molar-refractivity contribution is 5.50. The maximum Gasteiger partial charge on any atom is 0.243 e. The Morgan fingerprint density at radius 1 is 1.07 bits per heavy atom. The summed E-state index contributed by atoms with van der Waals surface area (Å²) in [6.45, 7) is 6.14. The van der Waals surface area contributed by atoms with Crippen LogP contribution < -0.4 is 10.1 Å². The van der Waals surface area contributed by atoms with Gasteiger partial charge in [0, 0.05) is 25.8 Å². The topological polar surface area (TPSA) is 69.2 Å². The molecule has 4 rings (SSSR count). The van der Waals surface area contributed by atoms with Crippen LogP contribution in [0.15, 0.2) is 42.6 Å². The maximum atomic E-state index is 6.01. The van der Waals surface area contributed by atoms with Gasteiger partial charge in [-0.05, 0) is 42.5 Å². The van der Waals surface area contributed by atoms with Gasteiger partial charge >= 0.3 is 0 Å². The molecule has 0 bridgehead atoms. The van der Waals surface area contributed by atoms with E-state index in [-0.39, 0.29) is 12.1 Å². The number of rotatable bonds is 7. The molecule has 1 N–H and O–H groups in total. The molecule has 2 atom stereocenters. The van der Waals surface area contributed by atoms with Crippen molar-refractivity contribution in [3.05, 3.63) is 70.7 Å². The third-order valence-electron chi connectivity index (χ3n) is 5.54. The number of methoxy groups -OCH3 is 1. The van der Waals surface area contributed by atoms with Gasteiger partial charge in [-0.1, -0.05) is 38.1 Å². The molecule has 0 saturated carbocycles. The lowest BCUT2D eigenvalue weighted by Gasteiger charge is -2.23. The lowest BCUT2D eigenvalue weighted by atomic mass is 10.1. The number of anilines is 1. The zero-order chi connectivity index (χ0) is 21.1. The van der Waals surface area contributed by atoms with Crippen molar-refractivity contribution in [3.63, 3.8) is 0 Å². The third kappa shape index (κ3) is 4.00. The fourth-order valence-electron chi connectivity index (χ4n) is 3.92. The van der Waals surface area contributed by atoms with Crippen molar-refractivity contribution >= 4 is 5.82 Å². The first-order valence-corrected chi connectivity index (χ1v) is 10.5. The number of benzene rings is 1. The van der Waals surface area contributed by atoms with Crippen molar-refractivity contribution in [3.8, 4) is 11.8 Å². The molecular formula is C24H28N4O2. The van der Waals surface area contributed by atoms with Crippen molar-refractivity contribution in [2.24, 2.45) is 0 Å². The van der Waals surface area contributed by atoms with E-state index in [0.29, 0.717) is 18.2 Å². The second-order valence-electron chi connectivity index (χ2n) is 7.55. The second-order valence-corrected chi connectivity index (χ2v) is 7.55. The maximum absolute atomic E-state index is 6.01. The van der Waals surface area contributed by atoms with Crippen LogP contribution in [0.3, 0.4) is 0 Å². The molecule has 2 heterocycles. The summed E-state index contributed by atoms with van der Waals surface area (Å²) in [7, 11) is 1.76. The highest BCUT2D eigenvalue weighted by Gasteiger charge is 2.33. The minimum absolute atomic E-state index is 0.0423. The first kappa shape index (κ1) is 20.3. The van der Waals surface area contributed by atoms with Gasteiger partial charge in [-0.15, -0.1) is 0 Å². The third-order valence-corrected chi connectivity index (χ3v) is 5.54. The number of aryl methyl sites for hydroxylation is 3. The molecule has 0 unspecified atom stereocenters. The van der Waals surface area contributed by atoms with Crippen LogP contribution in [-0.4, -0.2) is 28.2 Å². The summed E-state index contributed by atoms with van der Waals surface area (Å²) in [5.74, 6) is 1.85. The first-order chi connectivity index (χ1) is 14.6. The van der Waals surface area contributed by atoms with Crippen LogP contribution in [-0.2, 0) is 24.0 Å². The SMILES string of the molecule is CCc1nc(Oc2cc(C)ccn2)c(CC)nc1N[C@@H]1c2ccccc2C[C@@H]1OC. The Hall–Kier alpha value is -2.99. The fraction of sp³-hybridized carbons (Fsp3) is 0.375. The predicted molar refractivity (Wildman–Crippen MR) is 117 cm³/mol. The number of pyridine rings is 1. The number of ether oxygens (including phenoxy) is 2. The molecule has 0 amide bonds. The van der Waals surface area contributed by atoms with E-state index in [4.69, 9.17) is 19.4 Å². The number of fused-ring (bicyclic) bond motifs is 1. The molecule has 6 heteroatoms. The quantitative estimate of drug-likeness (QED) is 0.609. The van der Waals surface area contributed by atoms with Crippen LogP contribution in [0.5, 0.6) is 11.8 Å². The van der Waals surface area contributed by atoms with Gasteiger partial charge in [0.15, 0.2) is 0 Å². The second kappa shape index (κ2) is 8.79. The van der Waals surface area contributed by atoms with E-state index in [9.17, 15) is 0 Å². The summed E-state index contributed by atoms with van der Waals surface area (Å²) in [4.78, 5) is 14.0. The average molecular weight is 405 g/mol. The van der Waals surface area contributed by atoms with Crippen LogP contribution in [0.25, 0.3) is 0 Å². The standard InChI is InChI=1S/C24H28N4O2/c1-5-18-23(28-22-17-10-8-7-9-16(17)14-20(22)29-4)26-19(6-2)24(27-18)30-21-13-15(3)11-12-25-21/h7-13,20,22H,5-6,14H2,1-4H3,(H,26,28)/t20-,22+/m0/s1. The number of nitrogens with one attached hydrogen (secondary N) is 1. The van der Waals surface area contributed by atoms with Crippen molar-refractivity contribution in [2.75, 3.05) is 12.4 Å². The molecule has 0 fully saturated rings. The molecule has 3 aromatic rings. The normalized spacial score (nSPS) is 17.6. The molecule has 30 heavy (non-hydrogen) atoms. The van der Waals surface area contributed by atoms with Gasteiger partial charge < -0.3 is 14.8 Å². The summed E-state index contributed by atoms with van der Waals surface area (Å²) >= 11 is 0. The smallest absolute Gasteiger partial charge is 0.243 e. The van der Waals surface area contributed by atoms with Crippen LogP contribution in [0.1, 0.15) is 48.0 Å². The van der Waals surface area contributed by atoms with Gasteiger partial charge in [-0.25, -0.2) is 15.0 Å². The molecule has 6 nitrogen and oxygen atoms in total. The Morgan fingerprint density at radius 2 is 1.87 bits per heavy atom. The van der Waals surface area contributed by atoms with Gasteiger partial charge in [0.2, 0.25) is 11.8 Å². The molecule has 0 saturated heterocycles. The van der Waals surface area contributed by atoms with Crippen LogP contribution in [0, 0.1) is 6.92 Å². The predicted octanol–water partition coefficient (Wildman–Crippen LogP) is 4.82. The molecule has 1 aliphatic carbocycles. The number of hydrogen-bond acceptors (Lipinski definition) is 6. The molecule has 0 aliphatic heterocycles. The van der Waals surface area contributed by atoms with Gasteiger partial charge in [0.1, 0.15) is 11.5 Å². The van der Waals surface area contributed by atoms with E-state index in [1.54, 1.807) is 13.3 Å². The van der Waals surface area contributed by atoms with Gasteiger partial charge in [-0.3, -0.25) is 0 Å². The summed E-state index contributed by atoms with van der Waals surface area (Å²) in [5, 5.41) is 3.62. The van der Waals surface area contributed by atoms with Crippen molar-refractivity contribution in [1.82, 2.24) is 15.0 Å². The van der Waals surface area contributed by atoms with Crippen LogP contribution in [0.4, 0.5) is 5.82 Å². The number of aromatic nitrogens is 3.